The first-order valence-corrected chi connectivity index (χ1v) is 7.11. The van der Waals surface area contributed by atoms with E-state index in [1.165, 1.54) is 11.8 Å². The molecule has 1 aromatic heterocycles. The molecular formula is C14H13IN2O3. The van der Waals surface area contributed by atoms with Crippen LogP contribution in [0, 0.1) is 3.57 Å². The first-order chi connectivity index (χ1) is 9.56. The third-order valence-electron chi connectivity index (χ3n) is 2.84. The Bertz CT molecular complexity index is 693. The van der Waals surface area contributed by atoms with E-state index >= 15 is 0 Å². The number of rotatable bonds is 3. The summed E-state index contributed by atoms with van der Waals surface area (Å²) in [5, 5.41) is 4.08. The smallest absolute Gasteiger partial charge is 0.362 e. The molecule has 1 heterocycles. The number of aromatic nitrogens is 2. The predicted octanol–water partition coefficient (Wildman–Crippen LogP) is 2.19. The molecule has 5 nitrogen and oxygen atoms in total. The lowest BCUT2D eigenvalue weighted by Gasteiger charge is -2.09. The molecule has 0 amide bonds. The molecule has 2 aromatic rings. The van der Waals surface area contributed by atoms with Crippen LogP contribution in [0.4, 0.5) is 0 Å². The van der Waals surface area contributed by atoms with Gasteiger partial charge in [0.1, 0.15) is 0 Å². The summed E-state index contributed by atoms with van der Waals surface area (Å²) in [6.07, 6.45) is 2.17. The van der Waals surface area contributed by atoms with Gasteiger partial charge in [0.15, 0.2) is 0 Å². The first-order valence-electron chi connectivity index (χ1n) is 6.04. The second kappa shape index (κ2) is 6.17. The highest BCUT2D eigenvalue weighted by molar-refractivity contribution is 14.1. The van der Waals surface area contributed by atoms with Crippen molar-refractivity contribution < 1.29 is 9.53 Å². The van der Waals surface area contributed by atoms with Crippen molar-refractivity contribution >= 4 is 28.6 Å². The van der Waals surface area contributed by atoms with Gasteiger partial charge in [-0.2, -0.15) is 5.10 Å². The molecule has 0 spiro atoms. The number of ether oxygens (including phenoxy) is 1. The van der Waals surface area contributed by atoms with Crippen LogP contribution < -0.4 is 5.43 Å². The van der Waals surface area contributed by atoms with Crippen LogP contribution in [0.25, 0.3) is 5.69 Å². The molecule has 1 aromatic carbocycles. The quantitative estimate of drug-likeness (QED) is 0.602. The number of methoxy groups -OCH3 is 1. The van der Waals surface area contributed by atoms with Crippen molar-refractivity contribution in [1.82, 2.24) is 9.78 Å². The maximum Gasteiger partial charge on any atom is 0.362 e. The molecule has 20 heavy (non-hydrogen) atoms. The Balaban J connectivity index is 2.62. The Hall–Kier alpha value is -1.70. The highest BCUT2D eigenvalue weighted by Gasteiger charge is 2.17. The van der Waals surface area contributed by atoms with Crippen molar-refractivity contribution in [2.24, 2.45) is 0 Å². The average Bonchev–Trinajstić information content (AvgIpc) is 2.47. The molecule has 0 saturated heterocycles. The molecule has 0 bridgehead atoms. The third kappa shape index (κ3) is 2.90. The van der Waals surface area contributed by atoms with Gasteiger partial charge in [-0.05, 0) is 53.3 Å². The average molecular weight is 384 g/mol. The van der Waals surface area contributed by atoms with Crippen molar-refractivity contribution in [3.05, 3.63) is 55.5 Å². The van der Waals surface area contributed by atoms with E-state index in [2.05, 4.69) is 32.4 Å². The van der Waals surface area contributed by atoms with Gasteiger partial charge in [0.25, 0.3) is 0 Å². The Kier molecular flexibility index (Phi) is 4.53. The molecule has 0 saturated carbocycles. The summed E-state index contributed by atoms with van der Waals surface area (Å²) in [4.78, 5) is 23.7. The molecule has 0 N–H and O–H groups in total. The largest absolute Gasteiger partial charge is 0.464 e. The van der Waals surface area contributed by atoms with Crippen LogP contribution in [0.3, 0.4) is 0 Å². The number of hydrogen-bond donors (Lipinski definition) is 0. The zero-order chi connectivity index (χ0) is 14.7. The summed E-state index contributed by atoms with van der Waals surface area (Å²) in [6, 6.07) is 7.61. The van der Waals surface area contributed by atoms with E-state index in [0.29, 0.717) is 12.0 Å². The minimum absolute atomic E-state index is 0.189. The molecule has 0 atom stereocenters. The van der Waals surface area contributed by atoms with Gasteiger partial charge < -0.3 is 4.74 Å². The topological polar surface area (TPSA) is 61.2 Å². The fourth-order valence-corrected chi connectivity index (χ4v) is 2.11. The molecule has 0 aliphatic rings. The highest BCUT2D eigenvalue weighted by Crippen LogP contribution is 2.11. The SMILES string of the molecule is CCc1cn(-c2ccc(I)cc2)nc(C(=O)OC)c1=O. The number of nitrogens with zero attached hydrogens (tertiary/aromatic N) is 2. The summed E-state index contributed by atoms with van der Waals surface area (Å²) in [7, 11) is 1.23. The minimum atomic E-state index is -0.718. The van der Waals surface area contributed by atoms with E-state index in [-0.39, 0.29) is 11.1 Å². The second-order valence-electron chi connectivity index (χ2n) is 4.10. The summed E-state index contributed by atoms with van der Waals surface area (Å²) < 4.78 is 7.23. The zero-order valence-electron chi connectivity index (χ0n) is 11.1. The highest BCUT2D eigenvalue weighted by atomic mass is 127. The number of carbonyl (C=O) groups is 1. The summed E-state index contributed by atoms with van der Waals surface area (Å²) in [6.45, 7) is 1.86. The Morgan fingerprint density at radius 2 is 2.00 bits per heavy atom. The monoisotopic (exact) mass is 384 g/mol. The summed E-state index contributed by atoms with van der Waals surface area (Å²) in [5.41, 5.74) is 0.746. The molecule has 104 valence electrons. The van der Waals surface area contributed by atoms with Gasteiger partial charge in [0.2, 0.25) is 11.1 Å². The van der Waals surface area contributed by atoms with Crippen molar-refractivity contribution in [2.75, 3.05) is 7.11 Å². The van der Waals surface area contributed by atoms with E-state index in [4.69, 9.17) is 0 Å². The van der Waals surface area contributed by atoms with E-state index in [1.807, 2.05) is 31.2 Å². The Labute approximate surface area is 129 Å². The molecule has 6 heteroatoms. The number of hydrogen-bond acceptors (Lipinski definition) is 4. The number of aryl methyl sites for hydroxylation is 1. The maximum absolute atomic E-state index is 12.1. The van der Waals surface area contributed by atoms with Gasteiger partial charge in [-0.15, -0.1) is 0 Å². The van der Waals surface area contributed by atoms with Crippen LogP contribution in [-0.4, -0.2) is 22.9 Å². The lowest BCUT2D eigenvalue weighted by atomic mass is 10.2. The second-order valence-corrected chi connectivity index (χ2v) is 5.34. The van der Waals surface area contributed by atoms with E-state index in [0.717, 1.165) is 9.26 Å². The Morgan fingerprint density at radius 1 is 1.35 bits per heavy atom. The summed E-state index contributed by atoms with van der Waals surface area (Å²) >= 11 is 2.20. The van der Waals surface area contributed by atoms with Crippen LogP contribution in [0.5, 0.6) is 0 Å². The van der Waals surface area contributed by atoms with Crippen LogP contribution in [-0.2, 0) is 11.2 Å². The fourth-order valence-electron chi connectivity index (χ4n) is 1.75. The third-order valence-corrected chi connectivity index (χ3v) is 3.56. The lowest BCUT2D eigenvalue weighted by Crippen LogP contribution is -2.25. The number of esters is 1. The normalized spacial score (nSPS) is 10.3. The number of benzene rings is 1. The molecule has 0 aliphatic carbocycles. The van der Waals surface area contributed by atoms with Gasteiger partial charge in [-0.25, -0.2) is 9.48 Å². The first kappa shape index (κ1) is 14.7. The molecule has 0 radical (unpaired) electrons. The van der Waals surface area contributed by atoms with E-state index in [9.17, 15) is 9.59 Å². The van der Waals surface area contributed by atoms with Crippen LogP contribution in [0.1, 0.15) is 23.0 Å². The van der Waals surface area contributed by atoms with E-state index < -0.39 is 5.97 Å². The zero-order valence-corrected chi connectivity index (χ0v) is 13.2. The van der Waals surface area contributed by atoms with E-state index in [1.54, 1.807) is 6.20 Å². The van der Waals surface area contributed by atoms with Gasteiger partial charge in [0, 0.05) is 15.3 Å². The van der Waals surface area contributed by atoms with Gasteiger partial charge in [0.05, 0.1) is 12.8 Å². The number of halogens is 1. The van der Waals surface area contributed by atoms with Crippen molar-refractivity contribution in [3.8, 4) is 5.69 Å². The van der Waals surface area contributed by atoms with Gasteiger partial charge >= 0.3 is 5.97 Å². The standard InChI is InChI=1S/C14H13IN2O3/c1-3-9-8-17(11-6-4-10(15)5-7-11)16-12(13(9)18)14(19)20-2/h4-8H,3H2,1-2H3. The Morgan fingerprint density at radius 3 is 2.55 bits per heavy atom. The predicted molar refractivity (Wildman–Crippen MR) is 83.3 cm³/mol. The van der Waals surface area contributed by atoms with Crippen LogP contribution >= 0.6 is 22.6 Å². The van der Waals surface area contributed by atoms with Crippen LogP contribution in [0.2, 0.25) is 0 Å². The van der Waals surface area contributed by atoms with Crippen molar-refractivity contribution in [2.45, 2.75) is 13.3 Å². The van der Waals surface area contributed by atoms with Crippen molar-refractivity contribution in [3.63, 3.8) is 0 Å². The van der Waals surface area contributed by atoms with Gasteiger partial charge in [-0.1, -0.05) is 6.92 Å². The molecular weight excluding hydrogens is 371 g/mol. The summed E-state index contributed by atoms with van der Waals surface area (Å²) in [5.74, 6) is -0.718. The maximum atomic E-state index is 12.1. The number of carbonyl (C=O) groups excluding carboxylic acids is 1. The molecule has 2 rings (SSSR count). The minimum Gasteiger partial charge on any atom is -0.464 e. The molecule has 0 fully saturated rings. The molecule has 0 aliphatic heterocycles. The van der Waals surface area contributed by atoms with Crippen LogP contribution in [0.15, 0.2) is 35.3 Å². The molecule has 0 unspecified atom stereocenters. The lowest BCUT2D eigenvalue weighted by molar-refractivity contribution is 0.0590. The van der Waals surface area contributed by atoms with Gasteiger partial charge in [-0.3, -0.25) is 4.79 Å². The fraction of sp³-hybridized carbons (Fsp3) is 0.214. The van der Waals surface area contributed by atoms with Crippen molar-refractivity contribution in [1.29, 1.82) is 0 Å².